The lowest BCUT2D eigenvalue weighted by atomic mass is 10.1. The van der Waals surface area contributed by atoms with Crippen molar-refractivity contribution in [3.63, 3.8) is 0 Å². The largest absolute Gasteiger partial charge is 0.379 e. The number of rotatable bonds is 3. The minimum atomic E-state index is 0.689. The molecule has 0 radical (unpaired) electrons. The van der Waals surface area contributed by atoms with E-state index in [0.29, 0.717) is 6.04 Å². The number of hydrogen-bond acceptors (Lipinski definition) is 4. The molecule has 0 aromatic rings. The van der Waals surface area contributed by atoms with Gasteiger partial charge in [0, 0.05) is 31.2 Å². The maximum atomic E-state index is 5.21. The molecule has 0 unspecified atom stereocenters. The Balaban J connectivity index is 0.000000195. The molecule has 156 valence electrons. The Hall–Kier alpha value is -0.160. The average molecular weight is 370 g/mol. The van der Waals surface area contributed by atoms with Crippen LogP contribution in [0, 0.1) is 0 Å². The van der Waals surface area contributed by atoms with Gasteiger partial charge in [-0.1, -0.05) is 6.42 Å². The smallest absolute Gasteiger partial charge is 0.0594 e. The van der Waals surface area contributed by atoms with Gasteiger partial charge >= 0.3 is 0 Å². The van der Waals surface area contributed by atoms with Gasteiger partial charge in [-0.15, -0.1) is 0 Å². The first kappa shape index (κ1) is 23.9. The molecule has 0 aromatic carbocycles. The quantitative estimate of drug-likeness (QED) is 0.745. The van der Waals surface area contributed by atoms with Gasteiger partial charge in [-0.2, -0.15) is 0 Å². The molecular weight excluding hydrogens is 322 g/mol. The van der Waals surface area contributed by atoms with Crippen LogP contribution in [-0.4, -0.2) is 85.3 Å². The fraction of sp³-hybridized carbons (Fsp3) is 1.00. The topological polar surface area (TPSA) is 19.0 Å². The van der Waals surface area contributed by atoms with E-state index in [1.54, 1.807) is 0 Å². The predicted molar refractivity (Wildman–Crippen MR) is 114 cm³/mol. The van der Waals surface area contributed by atoms with Crippen molar-refractivity contribution in [3.05, 3.63) is 0 Å². The summed E-state index contributed by atoms with van der Waals surface area (Å²) in [5, 5.41) is 0. The standard InChI is InChI=1S/C8H17N.C7H15NO.C7H15N/c1-8(2)9-6-4-3-5-7-9;1-7(2)8-3-5-9-6-4-8;1-7(2)8-5-3-4-6-8/h8H,3-7H2,1-2H3;7H,3-6H2,1-2H3;7H,3-6H2,1-2H3. The third-order valence-corrected chi connectivity index (χ3v) is 5.77. The van der Waals surface area contributed by atoms with E-state index >= 15 is 0 Å². The van der Waals surface area contributed by atoms with Crippen LogP contribution < -0.4 is 0 Å². The van der Waals surface area contributed by atoms with Crippen LogP contribution in [0.4, 0.5) is 0 Å². The van der Waals surface area contributed by atoms with Gasteiger partial charge < -0.3 is 14.5 Å². The zero-order chi connectivity index (χ0) is 19.4. The maximum Gasteiger partial charge on any atom is 0.0594 e. The molecule has 0 bridgehead atoms. The molecule has 0 amide bonds. The van der Waals surface area contributed by atoms with Crippen molar-refractivity contribution in [2.45, 2.75) is 91.8 Å². The lowest BCUT2D eigenvalue weighted by Gasteiger charge is -2.29. The molecule has 3 saturated heterocycles. The van der Waals surface area contributed by atoms with Crippen LogP contribution in [0.3, 0.4) is 0 Å². The molecule has 3 fully saturated rings. The van der Waals surface area contributed by atoms with Crippen LogP contribution in [0.5, 0.6) is 0 Å². The second kappa shape index (κ2) is 13.9. The van der Waals surface area contributed by atoms with Gasteiger partial charge in [0.25, 0.3) is 0 Å². The molecule has 4 heteroatoms. The minimum absolute atomic E-state index is 0.689. The highest BCUT2D eigenvalue weighted by atomic mass is 16.5. The number of morpholine rings is 1. The molecule has 0 aliphatic carbocycles. The summed E-state index contributed by atoms with van der Waals surface area (Å²) in [4.78, 5) is 7.52. The second-order valence-corrected chi connectivity index (χ2v) is 8.77. The molecule has 0 atom stereocenters. The third kappa shape index (κ3) is 10.2. The van der Waals surface area contributed by atoms with Crippen molar-refractivity contribution < 1.29 is 4.74 Å². The molecule has 0 N–H and O–H groups in total. The monoisotopic (exact) mass is 369 g/mol. The SMILES string of the molecule is CC(C)N1CCCC1.CC(C)N1CCCCC1.CC(C)N1CCOCC1. The molecule has 4 nitrogen and oxygen atoms in total. The molecule has 0 saturated carbocycles. The van der Waals surface area contributed by atoms with Crippen molar-refractivity contribution in [1.82, 2.24) is 14.7 Å². The van der Waals surface area contributed by atoms with Gasteiger partial charge in [-0.3, -0.25) is 4.90 Å². The number of nitrogens with zero attached hydrogens (tertiary/aromatic N) is 3. The van der Waals surface area contributed by atoms with Crippen LogP contribution in [0.25, 0.3) is 0 Å². The molecule has 0 aromatic heterocycles. The minimum Gasteiger partial charge on any atom is -0.379 e. The van der Waals surface area contributed by atoms with Crippen LogP contribution in [0.15, 0.2) is 0 Å². The Kier molecular flexibility index (Phi) is 12.8. The van der Waals surface area contributed by atoms with E-state index in [4.69, 9.17) is 4.74 Å². The van der Waals surface area contributed by atoms with E-state index < -0.39 is 0 Å². The highest BCUT2D eigenvalue weighted by molar-refractivity contribution is 4.69. The zero-order valence-electron chi connectivity index (χ0n) is 18.7. The summed E-state index contributed by atoms with van der Waals surface area (Å²) in [5.41, 5.74) is 0. The first-order valence-corrected chi connectivity index (χ1v) is 11.2. The summed E-state index contributed by atoms with van der Waals surface area (Å²) in [5.74, 6) is 0. The predicted octanol–water partition coefficient (Wildman–Crippen LogP) is 4.10. The number of hydrogen-bond donors (Lipinski definition) is 0. The van der Waals surface area contributed by atoms with Gasteiger partial charge in [0.05, 0.1) is 13.2 Å². The molecule has 26 heavy (non-hydrogen) atoms. The summed E-state index contributed by atoms with van der Waals surface area (Å²) in [6.07, 6.45) is 7.11. The van der Waals surface area contributed by atoms with Crippen molar-refractivity contribution in [1.29, 1.82) is 0 Å². The number of piperidine rings is 1. The van der Waals surface area contributed by atoms with E-state index in [1.807, 2.05) is 0 Å². The molecule has 3 aliphatic heterocycles. The molecule has 3 rings (SSSR count). The highest BCUT2D eigenvalue weighted by Crippen LogP contribution is 2.11. The normalized spacial score (nSPS) is 23.0. The van der Waals surface area contributed by atoms with Crippen LogP contribution in [0.2, 0.25) is 0 Å². The van der Waals surface area contributed by atoms with E-state index in [9.17, 15) is 0 Å². The Morgan fingerprint density at radius 3 is 1.04 bits per heavy atom. The van der Waals surface area contributed by atoms with Gasteiger partial charge in [0.2, 0.25) is 0 Å². The average Bonchev–Trinajstić information content (AvgIpc) is 3.19. The first-order chi connectivity index (χ1) is 12.4. The van der Waals surface area contributed by atoms with Crippen molar-refractivity contribution >= 4 is 0 Å². The van der Waals surface area contributed by atoms with E-state index in [2.05, 4.69) is 56.2 Å². The summed E-state index contributed by atoms with van der Waals surface area (Å²) in [6, 6.07) is 2.23. The summed E-state index contributed by atoms with van der Waals surface area (Å²) in [6.45, 7) is 22.9. The van der Waals surface area contributed by atoms with Gasteiger partial charge in [0.1, 0.15) is 0 Å². The zero-order valence-corrected chi connectivity index (χ0v) is 18.7. The summed E-state index contributed by atoms with van der Waals surface area (Å²) < 4.78 is 5.21. The Morgan fingerprint density at radius 1 is 0.462 bits per heavy atom. The van der Waals surface area contributed by atoms with E-state index in [0.717, 1.165) is 38.4 Å². The maximum absolute atomic E-state index is 5.21. The van der Waals surface area contributed by atoms with E-state index in [1.165, 1.54) is 58.3 Å². The number of likely N-dealkylation sites (tertiary alicyclic amines) is 2. The summed E-state index contributed by atoms with van der Waals surface area (Å²) >= 11 is 0. The van der Waals surface area contributed by atoms with Gasteiger partial charge in [-0.05, 0) is 93.4 Å². The van der Waals surface area contributed by atoms with Crippen LogP contribution in [0.1, 0.15) is 73.6 Å². The van der Waals surface area contributed by atoms with Gasteiger partial charge in [0.15, 0.2) is 0 Å². The number of ether oxygens (including phenoxy) is 1. The first-order valence-electron chi connectivity index (χ1n) is 11.2. The van der Waals surface area contributed by atoms with Crippen molar-refractivity contribution in [2.24, 2.45) is 0 Å². The Morgan fingerprint density at radius 2 is 0.769 bits per heavy atom. The Labute approximate surface area is 164 Å². The lowest BCUT2D eigenvalue weighted by molar-refractivity contribution is 0.0238. The van der Waals surface area contributed by atoms with Crippen LogP contribution >= 0.6 is 0 Å². The molecule has 3 heterocycles. The second-order valence-electron chi connectivity index (χ2n) is 8.77. The fourth-order valence-electron chi connectivity index (χ4n) is 3.79. The fourth-order valence-corrected chi connectivity index (χ4v) is 3.79. The molecule has 3 aliphatic rings. The van der Waals surface area contributed by atoms with Crippen molar-refractivity contribution in [3.8, 4) is 0 Å². The molecular formula is C22H47N3O. The van der Waals surface area contributed by atoms with E-state index in [-0.39, 0.29) is 0 Å². The summed E-state index contributed by atoms with van der Waals surface area (Å²) in [7, 11) is 0. The highest BCUT2D eigenvalue weighted by Gasteiger charge is 2.13. The van der Waals surface area contributed by atoms with Gasteiger partial charge in [-0.25, -0.2) is 0 Å². The van der Waals surface area contributed by atoms with Crippen molar-refractivity contribution in [2.75, 3.05) is 52.5 Å². The molecule has 0 spiro atoms. The third-order valence-electron chi connectivity index (χ3n) is 5.77. The Bertz CT molecular complexity index is 293. The van der Waals surface area contributed by atoms with Crippen LogP contribution in [-0.2, 0) is 4.74 Å². The lowest BCUT2D eigenvalue weighted by Crippen LogP contribution is -2.40.